The molecule has 0 aliphatic rings. The fourth-order valence-corrected chi connectivity index (χ4v) is 2.84. The molecule has 0 unspecified atom stereocenters. The summed E-state index contributed by atoms with van der Waals surface area (Å²) in [6.07, 6.45) is 0. The van der Waals surface area contributed by atoms with Gasteiger partial charge in [0.2, 0.25) is 0 Å². The van der Waals surface area contributed by atoms with Gasteiger partial charge in [0.25, 0.3) is 5.91 Å². The predicted octanol–water partition coefficient (Wildman–Crippen LogP) is 3.57. The van der Waals surface area contributed by atoms with Gasteiger partial charge in [-0.3, -0.25) is 9.69 Å². The zero-order valence-electron chi connectivity index (χ0n) is 15.4. The highest BCUT2D eigenvalue weighted by Gasteiger charge is 2.18. The molecule has 0 saturated heterocycles. The van der Waals surface area contributed by atoms with E-state index in [1.54, 1.807) is 0 Å². The van der Waals surface area contributed by atoms with Crippen LogP contribution in [0.4, 0.5) is 0 Å². The smallest absolute Gasteiger partial charge is 0.258 e. The van der Waals surface area contributed by atoms with Crippen molar-refractivity contribution in [3.05, 3.63) is 65.7 Å². The number of aryl methyl sites for hydroxylation is 1. The molecule has 0 aliphatic heterocycles. The van der Waals surface area contributed by atoms with Gasteiger partial charge in [-0.1, -0.05) is 61.9 Å². The Morgan fingerprint density at radius 1 is 1.04 bits per heavy atom. The van der Waals surface area contributed by atoms with Crippen molar-refractivity contribution in [2.24, 2.45) is 0 Å². The molecule has 0 heterocycles. The second kappa shape index (κ2) is 9.84. The van der Waals surface area contributed by atoms with Crippen molar-refractivity contribution in [1.82, 2.24) is 10.2 Å². The van der Waals surface area contributed by atoms with Crippen molar-refractivity contribution in [2.75, 3.05) is 26.2 Å². The average Bonchev–Trinajstić information content (AvgIpc) is 2.65. The molecule has 134 valence electrons. The lowest BCUT2D eigenvalue weighted by Gasteiger charge is -2.30. The van der Waals surface area contributed by atoms with Crippen LogP contribution in [0, 0.1) is 6.92 Å². The number of rotatable bonds is 9. The van der Waals surface area contributed by atoms with Gasteiger partial charge in [0.15, 0.2) is 6.61 Å². The van der Waals surface area contributed by atoms with Crippen LogP contribution in [0.15, 0.2) is 54.6 Å². The van der Waals surface area contributed by atoms with E-state index in [0.29, 0.717) is 12.3 Å². The van der Waals surface area contributed by atoms with Gasteiger partial charge in [-0.2, -0.15) is 0 Å². The Morgan fingerprint density at radius 3 is 2.28 bits per heavy atom. The molecule has 4 nitrogen and oxygen atoms in total. The number of hydrogen-bond acceptors (Lipinski definition) is 3. The monoisotopic (exact) mass is 340 g/mol. The highest BCUT2D eigenvalue weighted by Crippen LogP contribution is 2.19. The van der Waals surface area contributed by atoms with Crippen molar-refractivity contribution in [3.63, 3.8) is 0 Å². The SMILES string of the molecule is CCN(CC)[C@@H](CNC(=O)COc1ccc(C)cc1)c1ccccc1. The molecule has 0 bridgehead atoms. The predicted molar refractivity (Wildman–Crippen MR) is 102 cm³/mol. The molecular formula is C21H28N2O2. The first-order chi connectivity index (χ1) is 12.1. The summed E-state index contributed by atoms with van der Waals surface area (Å²) >= 11 is 0. The Bertz CT molecular complexity index is 637. The number of ether oxygens (including phenoxy) is 1. The van der Waals surface area contributed by atoms with E-state index in [-0.39, 0.29) is 18.6 Å². The number of hydrogen-bond donors (Lipinski definition) is 1. The van der Waals surface area contributed by atoms with E-state index in [1.165, 1.54) is 11.1 Å². The maximum atomic E-state index is 12.2. The molecule has 0 aromatic heterocycles. The summed E-state index contributed by atoms with van der Waals surface area (Å²) in [5, 5.41) is 3.01. The Balaban J connectivity index is 1.90. The van der Waals surface area contributed by atoms with Crippen LogP contribution in [-0.4, -0.2) is 37.0 Å². The molecule has 1 atom stereocenters. The van der Waals surface area contributed by atoms with Crippen LogP contribution in [0.3, 0.4) is 0 Å². The Morgan fingerprint density at radius 2 is 1.68 bits per heavy atom. The van der Waals surface area contributed by atoms with Crippen LogP contribution >= 0.6 is 0 Å². The number of likely N-dealkylation sites (N-methyl/N-ethyl adjacent to an activating group) is 1. The van der Waals surface area contributed by atoms with Gasteiger partial charge in [-0.15, -0.1) is 0 Å². The van der Waals surface area contributed by atoms with E-state index in [9.17, 15) is 4.79 Å². The van der Waals surface area contributed by atoms with E-state index in [1.807, 2.05) is 49.4 Å². The number of nitrogens with one attached hydrogen (secondary N) is 1. The molecule has 0 aliphatic carbocycles. The molecule has 1 amide bonds. The summed E-state index contributed by atoms with van der Waals surface area (Å²) in [5.41, 5.74) is 2.38. The lowest BCUT2D eigenvalue weighted by Crippen LogP contribution is -2.39. The number of amides is 1. The lowest BCUT2D eigenvalue weighted by molar-refractivity contribution is -0.123. The molecule has 0 radical (unpaired) electrons. The summed E-state index contributed by atoms with van der Waals surface area (Å²) in [5.74, 6) is 0.609. The van der Waals surface area contributed by atoms with Crippen molar-refractivity contribution in [1.29, 1.82) is 0 Å². The molecule has 2 rings (SSSR count). The fourth-order valence-electron chi connectivity index (χ4n) is 2.84. The molecule has 2 aromatic carbocycles. The minimum absolute atomic E-state index is 0.0306. The quantitative estimate of drug-likeness (QED) is 0.759. The van der Waals surface area contributed by atoms with Gasteiger partial charge in [-0.25, -0.2) is 0 Å². The third kappa shape index (κ3) is 5.91. The molecule has 1 N–H and O–H groups in total. The number of nitrogens with zero attached hydrogens (tertiary/aromatic N) is 1. The molecule has 25 heavy (non-hydrogen) atoms. The van der Waals surface area contributed by atoms with E-state index < -0.39 is 0 Å². The molecule has 2 aromatic rings. The first kappa shape index (κ1) is 19.0. The van der Waals surface area contributed by atoms with Gasteiger partial charge < -0.3 is 10.1 Å². The topological polar surface area (TPSA) is 41.6 Å². The molecule has 0 fully saturated rings. The first-order valence-corrected chi connectivity index (χ1v) is 8.89. The summed E-state index contributed by atoms with van der Waals surface area (Å²) in [7, 11) is 0. The van der Waals surface area contributed by atoms with E-state index >= 15 is 0 Å². The van der Waals surface area contributed by atoms with Gasteiger partial charge in [0.1, 0.15) is 5.75 Å². The van der Waals surface area contributed by atoms with Gasteiger partial charge >= 0.3 is 0 Å². The maximum Gasteiger partial charge on any atom is 0.258 e. The van der Waals surface area contributed by atoms with Crippen LogP contribution in [0.5, 0.6) is 5.75 Å². The maximum absolute atomic E-state index is 12.2. The second-order valence-corrected chi connectivity index (χ2v) is 6.05. The van der Waals surface area contributed by atoms with Crippen molar-refractivity contribution in [3.8, 4) is 5.75 Å². The zero-order valence-corrected chi connectivity index (χ0v) is 15.4. The summed E-state index contributed by atoms with van der Waals surface area (Å²) in [6, 6.07) is 18.2. The van der Waals surface area contributed by atoms with Crippen molar-refractivity contribution in [2.45, 2.75) is 26.8 Å². The average molecular weight is 340 g/mol. The summed E-state index contributed by atoms with van der Waals surface area (Å²) in [6.45, 7) is 8.78. The van der Waals surface area contributed by atoms with E-state index in [0.717, 1.165) is 13.1 Å². The zero-order chi connectivity index (χ0) is 18.1. The molecule has 4 heteroatoms. The van der Waals surface area contributed by atoms with Crippen molar-refractivity contribution >= 4 is 5.91 Å². The van der Waals surface area contributed by atoms with E-state index in [2.05, 4.69) is 36.2 Å². The van der Waals surface area contributed by atoms with Crippen LogP contribution in [0.25, 0.3) is 0 Å². The third-order valence-corrected chi connectivity index (χ3v) is 4.32. The number of carbonyl (C=O) groups is 1. The number of carbonyl (C=O) groups excluding carboxylic acids is 1. The van der Waals surface area contributed by atoms with E-state index in [4.69, 9.17) is 4.74 Å². The Kier molecular flexibility index (Phi) is 7.48. The van der Waals surface area contributed by atoms with Crippen LogP contribution in [0.1, 0.15) is 31.0 Å². The Hall–Kier alpha value is -2.33. The largest absolute Gasteiger partial charge is 0.484 e. The molecule has 0 saturated carbocycles. The van der Waals surface area contributed by atoms with Gasteiger partial charge in [0.05, 0.1) is 6.04 Å². The third-order valence-electron chi connectivity index (χ3n) is 4.32. The number of benzene rings is 2. The first-order valence-electron chi connectivity index (χ1n) is 8.89. The standard InChI is InChI=1S/C21H28N2O2/c1-4-23(5-2)20(18-9-7-6-8-10-18)15-22-21(24)16-25-19-13-11-17(3)12-14-19/h6-14,20H,4-5,15-16H2,1-3H3,(H,22,24)/t20-/m0/s1. The Labute approximate surface area is 150 Å². The highest BCUT2D eigenvalue weighted by atomic mass is 16.5. The minimum atomic E-state index is -0.103. The minimum Gasteiger partial charge on any atom is -0.484 e. The van der Waals surface area contributed by atoms with Gasteiger partial charge in [0, 0.05) is 6.54 Å². The summed E-state index contributed by atoms with van der Waals surface area (Å²) < 4.78 is 5.55. The lowest BCUT2D eigenvalue weighted by atomic mass is 10.1. The highest BCUT2D eigenvalue weighted by molar-refractivity contribution is 5.77. The van der Waals surface area contributed by atoms with Crippen LogP contribution in [0.2, 0.25) is 0 Å². The summed E-state index contributed by atoms with van der Waals surface area (Å²) in [4.78, 5) is 14.5. The molecule has 0 spiro atoms. The van der Waals surface area contributed by atoms with Crippen LogP contribution in [-0.2, 0) is 4.79 Å². The van der Waals surface area contributed by atoms with Gasteiger partial charge in [-0.05, 0) is 37.7 Å². The fraction of sp³-hybridized carbons (Fsp3) is 0.381. The normalized spacial score (nSPS) is 12.0. The van der Waals surface area contributed by atoms with Crippen LogP contribution < -0.4 is 10.1 Å². The second-order valence-electron chi connectivity index (χ2n) is 6.05. The molecular weight excluding hydrogens is 312 g/mol. The van der Waals surface area contributed by atoms with Crippen molar-refractivity contribution < 1.29 is 9.53 Å².